The molecule has 2 fully saturated rings. The first kappa shape index (κ1) is 21.8. The molecule has 0 unspecified atom stereocenters. The molecule has 166 valence electrons. The molecule has 2 atom stereocenters. The zero-order chi connectivity index (χ0) is 21.8. The Morgan fingerprint density at radius 1 is 1.32 bits per heavy atom. The Balaban J connectivity index is 1.46. The molecule has 4 rings (SSSR count). The fourth-order valence-corrected chi connectivity index (χ4v) is 3.62. The summed E-state index contributed by atoms with van der Waals surface area (Å²) in [5.74, 6) is 0.560. The summed E-state index contributed by atoms with van der Waals surface area (Å²) in [6, 6.07) is 7.06. The fraction of sp³-hybridized carbons (Fsp3) is 0.500. The summed E-state index contributed by atoms with van der Waals surface area (Å²) in [6.45, 7) is 2.92. The summed E-state index contributed by atoms with van der Waals surface area (Å²) in [5, 5.41) is 13.5. The van der Waals surface area contributed by atoms with Gasteiger partial charge in [-0.1, -0.05) is 23.7 Å². The van der Waals surface area contributed by atoms with Crippen LogP contribution in [0.3, 0.4) is 0 Å². The van der Waals surface area contributed by atoms with Gasteiger partial charge in [0.05, 0.1) is 17.9 Å². The molecular weight excluding hydrogens is 422 g/mol. The number of halogens is 1. The molecule has 2 N–H and O–H groups in total. The van der Waals surface area contributed by atoms with Gasteiger partial charge in [-0.3, -0.25) is 0 Å². The molecule has 31 heavy (non-hydrogen) atoms. The largest absolute Gasteiger partial charge is 0.473 e. The average Bonchev–Trinajstić information content (AvgIpc) is 3.50. The lowest BCUT2D eigenvalue weighted by molar-refractivity contribution is 0.0376. The number of nitrogens with one attached hydrogen (secondary N) is 1. The lowest BCUT2D eigenvalue weighted by Gasteiger charge is -2.22. The second-order valence-electron chi connectivity index (χ2n) is 8.19. The number of carbonyl (C=O) groups is 1. The third-order valence-corrected chi connectivity index (χ3v) is 5.76. The van der Waals surface area contributed by atoms with Crippen LogP contribution in [-0.2, 0) is 4.74 Å². The van der Waals surface area contributed by atoms with Crippen LogP contribution in [0.5, 0.6) is 11.8 Å². The summed E-state index contributed by atoms with van der Waals surface area (Å²) >= 11 is 6.00. The number of hydrogen-bond donors (Lipinski definition) is 2. The van der Waals surface area contributed by atoms with Gasteiger partial charge in [-0.05, 0) is 50.7 Å². The van der Waals surface area contributed by atoms with E-state index in [0.29, 0.717) is 23.2 Å². The Morgan fingerprint density at radius 3 is 2.77 bits per heavy atom. The van der Waals surface area contributed by atoms with Crippen molar-refractivity contribution in [1.82, 2.24) is 15.3 Å². The van der Waals surface area contributed by atoms with Crippen LogP contribution in [0.25, 0.3) is 11.3 Å². The van der Waals surface area contributed by atoms with Crippen molar-refractivity contribution < 1.29 is 24.1 Å². The summed E-state index contributed by atoms with van der Waals surface area (Å²) in [4.78, 5) is 20.9. The van der Waals surface area contributed by atoms with Gasteiger partial charge in [0.15, 0.2) is 0 Å². The number of hydrogen-bond acceptors (Lipinski definition) is 7. The van der Waals surface area contributed by atoms with Gasteiger partial charge in [-0.25, -0.2) is 14.8 Å². The SMILES string of the molecule is C[C@](O)(CNC(=O)Oc1cnc(OC[C@H]2CCCO2)c(-c2ccc(Cl)cc2)n1)C1CC1. The highest BCUT2D eigenvalue weighted by Crippen LogP contribution is 2.39. The quantitative estimate of drug-likeness (QED) is 0.637. The molecule has 9 heteroatoms. The highest BCUT2D eigenvalue weighted by Gasteiger charge is 2.40. The molecule has 1 saturated heterocycles. The zero-order valence-corrected chi connectivity index (χ0v) is 18.1. The number of aliphatic hydroxyl groups is 1. The number of benzene rings is 1. The van der Waals surface area contributed by atoms with Crippen LogP contribution >= 0.6 is 11.6 Å². The number of rotatable bonds is 8. The second kappa shape index (κ2) is 9.38. The normalized spacial score (nSPS) is 20.2. The Bertz CT molecular complexity index is 912. The number of nitrogens with zero attached hydrogens (tertiary/aromatic N) is 2. The van der Waals surface area contributed by atoms with Crippen LogP contribution in [0.4, 0.5) is 4.79 Å². The third kappa shape index (κ3) is 5.84. The summed E-state index contributed by atoms with van der Waals surface area (Å²) in [7, 11) is 0. The van der Waals surface area contributed by atoms with Crippen molar-refractivity contribution >= 4 is 17.7 Å². The predicted octanol–water partition coefficient (Wildman–Crippen LogP) is 3.60. The molecule has 2 aromatic rings. The van der Waals surface area contributed by atoms with Crippen molar-refractivity contribution in [3.63, 3.8) is 0 Å². The molecular formula is C22H26ClN3O5. The first-order valence-electron chi connectivity index (χ1n) is 10.5. The Kier molecular flexibility index (Phi) is 6.60. The maximum absolute atomic E-state index is 12.2. The third-order valence-electron chi connectivity index (χ3n) is 5.51. The molecule has 1 saturated carbocycles. The van der Waals surface area contributed by atoms with E-state index < -0.39 is 11.7 Å². The lowest BCUT2D eigenvalue weighted by atomic mass is 10.0. The summed E-state index contributed by atoms with van der Waals surface area (Å²) < 4.78 is 16.8. The molecule has 2 aliphatic rings. The second-order valence-corrected chi connectivity index (χ2v) is 8.63. The van der Waals surface area contributed by atoms with Crippen molar-refractivity contribution in [2.24, 2.45) is 5.92 Å². The predicted molar refractivity (Wildman–Crippen MR) is 114 cm³/mol. The van der Waals surface area contributed by atoms with Gasteiger partial charge in [-0.2, -0.15) is 0 Å². The summed E-state index contributed by atoms with van der Waals surface area (Å²) in [5.41, 5.74) is 0.214. The van der Waals surface area contributed by atoms with Gasteiger partial charge in [0.1, 0.15) is 12.3 Å². The number of ether oxygens (including phenoxy) is 3. The van der Waals surface area contributed by atoms with E-state index in [9.17, 15) is 9.90 Å². The van der Waals surface area contributed by atoms with E-state index in [1.807, 2.05) is 0 Å². The van der Waals surface area contributed by atoms with E-state index in [1.54, 1.807) is 31.2 Å². The van der Waals surface area contributed by atoms with Gasteiger partial charge >= 0.3 is 6.09 Å². The van der Waals surface area contributed by atoms with Crippen molar-refractivity contribution in [2.45, 2.75) is 44.3 Å². The van der Waals surface area contributed by atoms with Crippen molar-refractivity contribution in [1.29, 1.82) is 0 Å². The smallest absolute Gasteiger partial charge is 0.414 e. The molecule has 1 aliphatic carbocycles. The number of aromatic nitrogens is 2. The van der Waals surface area contributed by atoms with Crippen LogP contribution in [0.2, 0.25) is 5.02 Å². The van der Waals surface area contributed by atoms with E-state index in [4.69, 9.17) is 25.8 Å². The van der Waals surface area contributed by atoms with Crippen LogP contribution in [0.15, 0.2) is 30.5 Å². The van der Waals surface area contributed by atoms with Gasteiger partial charge in [-0.15, -0.1) is 0 Å². The number of carbonyl (C=O) groups excluding carboxylic acids is 1. The minimum absolute atomic E-state index is 0.0259. The maximum atomic E-state index is 12.2. The highest BCUT2D eigenvalue weighted by atomic mass is 35.5. The van der Waals surface area contributed by atoms with Crippen LogP contribution in [0, 0.1) is 5.92 Å². The fourth-order valence-electron chi connectivity index (χ4n) is 3.49. The first-order valence-corrected chi connectivity index (χ1v) is 10.8. The minimum atomic E-state index is -0.945. The van der Waals surface area contributed by atoms with E-state index in [-0.39, 0.29) is 24.4 Å². The Labute approximate surface area is 185 Å². The maximum Gasteiger partial charge on any atom is 0.414 e. The monoisotopic (exact) mass is 447 g/mol. The molecule has 0 bridgehead atoms. The number of amides is 1. The van der Waals surface area contributed by atoms with Crippen molar-refractivity contribution in [3.8, 4) is 23.0 Å². The van der Waals surface area contributed by atoms with E-state index in [0.717, 1.165) is 37.9 Å². The molecule has 8 nitrogen and oxygen atoms in total. The van der Waals surface area contributed by atoms with Crippen LogP contribution < -0.4 is 14.8 Å². The minimum Gasteiger partial charge on any atom is -0.473 e. The zero-order valence-electron chi connectivity index (χ0n) is 17.3. The van der Waals surface area contributed by atoms with Crippen LogP contribution in [0.1, 0.15) is 32.6 Å². The van der Waals surface area contributed by atoms with Gasteiger partial charge in [0.25, 0.3) is 0 Å². The molecule has 1 amide bonds. The van der Waals surface area contributed by atoms with E-state index in [1.165, 1.54) is 6.20 Å². The molecule has 0 radical (unpaired) electrons. The van der Waals surface area contributed by atoms with Crippen molar-refractivity contribution in [2.75, 3.05) is 19.8 Å². The first-order chi connectivity index (χ1) is 14.9. The van der Waals surface area contributed by atoms with Gasteiger partial charge < -0.3 is 24.6 Å². The standard InChI is InChI=1S/C22H26ClN3O5/c1-22(28,15-6-7-15)13-25-21(27)31-18-11-24-20(30-12-17-3-2-10-29-17)19(26-18)14-4-8-16(23)9-5-14/h4-5,8-9,11,15,17,28H,2-3,6-7,10,12-13H2,1H3,(H,25,27)/t17-,22+/m1/s1. The van der Waals surface area contributed by atoms with Crippen molar-refractivity contribution in [3.05, 3.63) is 35.5 Å². The lowest BCUT2D eigenvalue weighted by Crippen LogP contribution is -2.43. The molecule has 0 spiro atoms. The van der Waals surface area contributed by atoms with Gasteiger partial charge in [0.2, 0.25) is 11.8 Å². The average molecular weight is 448 g/mol. The summed E-state index contributed by atoms with van der Waals surface area (Å²) in [6.07, 6.45) is 4.55. The molecule has 1 aliphatic heterocycles. The Hall–Kier alpha value is -2.42. The Morgan fingerprint density at radius 2 is 2.10 bits per heavy atom. The van der Waals surface area contributed by atoms with E-state index >= 15 is 0 Å². The van der Waals surface area contributed by atoms with Gasteiger partial charge in [0, 0.05) is 23.7 Å². The molecule has 1 aromatic heterocycles. The highest BCUT2D eigenvalue weighted by molar-refractivity contribution is 6.30. The van der Waals surface area contributed by atoms with Crippen LogP contribution in [-0.4, -0.2) is 52.6 Å². The topological polar surface area (TPSA) is 103 Å². The van der Waals surface area contributed by atoms with E-state index in [2.05, 4.69) is 15.3 Å². The molecule has 2 heterocycles. The molecule has 1 aromatic carbocycles.